The molecule has 0 N–H and O–H groups in total. The molecule has 0 amide bonds. The van der Waals surface area contributed by atoms with Gasteiger partial charge in [0.1, 0.15) is 16.2 Å². The van der Waals surface area contributed by atoms with Crippen molar-refractivity contribution in [2.45, 2.75) is 11.6 Å². The Morgan fingerprint density at radius 2 is 2.00 bits per heavy atom. The van der Waals surface area contributed by atoms with Gasteiger partial charge in [-0.3, -0.25) is 4.99 Å². The molecule has 0 spiro atoms. The number of benzene rings is 1. The predicted octanol–water partition coefficient (Wildman–Crippen LogP) is 4.05. The van der Waals surface area contributed by atoms with Crippen LogP contribution in [0.4, 0.5) is 0 Å². The molecule has 0 bridgehead atoms. The summed E-state index contributed by atoms with van der Waals surface area (Å²) in [6, 6.07) is 7.91. The topological polar surface area (TPSA) is 56.6 Å². The van der Waals surface area contributed by atoms with Crippen molar-refractivity contribution in [2.24, 2.45) is 4.99 Å². The van der Waals surface area contributed by atoms with Crippen LogP contribution < -0.4 is 9.47 Å². The first kappa shape index (κ1) is 16.7. The lowest BCUT2D eigenvalue weighted by Crippen LogP contribution is -1.92. The quantitative estimate of drug-likeness (QED) is 0.377. The summed E-state index contributed by atoms with van der Waals surface area (Å²) in [5.74, 6) is 1.44. The highest BCUT2D eigenvalue weighted by molar-refractivity contribution is 7.98. The summed E-state index contributed by atoms with van der Waals surface area (Å²) < 4.78 is 10.6. The van der Waals surface area contributed by atoms with Crippen molar-refractivity contribution in [3.05, 3.63) is 41.0 Å². The first-order chi connectivity index (χ1) is 11.7. The van der Waals surface area contributed by atoms with Crippen molar-refractivity contribution in [2.75, 3.05) is 20.5 Å². The van der Waals surface area contributed by atoms with Crippen LogP contribution in [0.3, 0.4) is 0 Å². The Labute approximate surface area is 148 Å². The molecule has 0 aliphatic heterocycles. The van der Waals surface area contributed by atoms with Crippen LogP contribution in [0, 0.1) is 0 Å². The van der Waals surface area contributed by atoms with Crippen LogP contribution in [0.15, 0.2) is 40.6 Å². The molecule has 0 unspecified atom stereocenters. The van der Waals surface area contributed by atoms with Crippen molar-refractivity contribution >= 4 is 39.5 Å². The maximum atomic E-state index is 5.31. The van der Waals surface area contributed by atoms with Crippen LogP contribution in [-0.4, -0.2) is 36.7 Å². The maximum absolute atomic E-state index is 5.31. The van der Waals surface area contributed by atoms with Gasteiger partial charge in [-0.05, 0) is 30.0 Å². The van der Waals surface area contributed by atoms with Gasteiger partial charge in [-0.15, -0.1) is 23.1 Å². The number of ether oxygens (including phenoxy) is 2. The summed E-state index contributed by atoms with van der Waals surface area (Å²) in [5.41, 5.74) is 1.06. The molecule has 7 heteroatoms. The van der Waals surface area contributed by atoms with Crippen molar-refractivity contribution in [1.29, 1.82) is 0 Å². The molecular formula is C17H17N3O2S2. The molecule has 0 aliphatic rings. The summed E-state index contributed by atoms with van der Waals surface area (Å²) in [6.45, 7) is 0.579. The molecule has 124 valence electrons. The predicted molar refractivity (Wildman–Crippen MR) is 100 cm³/mol. The van der Waals surface area contributed by atoms with E-state index in [1.165, 1.54) is 0 Å². The first-order valence-corrected chi connectivity index (χ1v) is 9.28. The minimum absolute atomic E-state index is 0.579. The Kier molecular flexibility index (Phi) is 5.32. The second-order valence-electron chi connectivity index (χ2n) is 4.91. The van der Waals surface area contributed by atoms with Gasteiger partial charge in [-0.2, -0.15) is 0 Å². The van der Waals surface area contributed by atoms with E-state index in [2.05, 4.69) is 21.0 Å². The summed E-state index contributed by atoms with van der Waals surface area (Å²) in [4.78, 5) is 15.2. The van der Waals surface area contributed by atoms with Crippen molar-refractivity contribution in [3.63, 3.8) is 0 Å². The number of hydrogen-bond donors (Lipinski definition) is 0. The molecule has 0 aliphatic carbocycles. The summed E-state index contributed by atoms with van der Waals surface area (Å²) >= 11 is 3.24. The zero-order valence-corrected chi connectivity index (χ0v) is 15.3. The zero-order valence-electron chi connectivity index (χ0n) is 13.6. The second-order valence-corrected chi connectivity index (χ2v) is 6.77. The van der Waals surface area contributed by atoms with E-state index in [1.54, 1.807) is 43.6 Å². The van der Waals surface area contributed by atoms with Gasteiger partial charge in [0.05, 0.1) is 20.8 Å². The highest BCUT2D eigenvalue weighted by Gasteiger charge is 2.07. The molecule has 0 atom stereocenters. The number of aromatic nitrogens is 2. The van der Waals surface area contributed by atoms with E-state index in [4.69, 9.17) is 9.47 Å². The molecule has 24 heavy (non-hydrogen) atoms. The Bertz CT molecular complexity index is 877. The number of hydrogen-bond acceptors (Lipinski definition) is 7. The lowest BCUT2D eigenvalue weighted by Gasteiger charge is -2.08. The van der Waals surface area contributed by atoms with Crippen LogP contribution in [0.25, 0.3) is 10.2 Å². The molecule has 3 aromatic rings. The SMILES string of the molecule is COc1ccc(C/N=C/c2cc3c(SC)ncnc3s2)cc1OC. The van der Waals surface area contributed by atoms with Gasteiger partial charge in [-0.25, -0.2) is 9.97 Å². The molecule has 0 saturated carbocycles. The van der Waals surface area contributed by atoms with Gasteiger partial charge in [0.25, 0.3) is 0 Å². The number of thioether (sulfide) groups is 1. The van der Waals surface area contributed by atoms with Crippen LogP contribution in [0.1, 0.15) is 10.4 Å². The third-order valence-electron chi connectivity index (χ3n) is 3.45. The lowest BCUT2D eigenvalue weighted by molar-refractivity contribution is 0.354. The fraction of sp³-hybridized carbons (Fsp3) is 0.235. The largest absolute Gasteiger partial charge is 0.493 e. The van der Waals surface area contributed by atoms with Crippen molar-refractivity contribution in [3.8, 4) is 11.5 Å². The summed E-state index contributed by atoms with van der Waals surface area (Å²) in [6.07, 6.45) is 5.51. The molecule has 3 rings (SSSR count). The molecule has 0 radical (unpaired) electrons. The Morgan fingerprint density at radius 3 is 2.75 bits per heavy atom. The Hall–Kier alpha value is -2.12. The molecule has 1 aromatic carbocycles. The smallest absolute Gasteiger partial charge is 0.161 e. The fourth-order valence-electron chi connectivity index (χ4n) is 2.30. The third-order valence-corrected chi connectivity index (χ3v) is 5.14. The van der Waals surface area contributed by atoms with Crippen LogP contribution in [-0.2, 0) is 6.54 Å². The van der Waals surface area contributed by atoms with E-state index in [9.17, 15) is 0 Å². The normalized spacial score (nSPS) is 11.3. The van der Waals surface area contributed by atoms with Crippen LogP contribution in [0.5, 0.6) is 11.5 Å². The van der Waals surface area contributed by atoms with E-state index in [0.29, 0.717) is 12.3 Å². The number of methoxy groups -OCH3 is 2. The Balaban J connectivity index is 1.77. The number of rotatable bonds is 6. The number of fused-ring (bicyclic) bond motifs is 1. The maximum Gasteiger partial charge on any atom is 0.161 e. The lowest BCUT2D eigenvalue weighted by atomic mass is 10.2. The van der Waals surface area contributed by atoms with Crippen molar-refractivity contribution < 1.29 is 9.47 Å². The van der Waals surface area contributed by atoms with Gasteiger partial charge in [-0.1, -0.05) is 6.07 Å². The van der Waals surface area contributed by atoms with Gasteiger partial charge >= 0.3 is 0 Å². The van der Waals surface area contributed by atoms with E-state index >= 15 is 0 Å². The molecule has 0 fully saturated rings. The zero-order chi connectivity index (χ0) is 16.9. The highest BCUT2D eigenvalue weighted by atomic mass is 32.2. The molecule has 2 heterocycles. The monoisotopic (exact) mass is 359 g/mol. The van der Waals surface area contributed by atoms with E-state index < -0.39 is 0 Å². The fourth-order valence-corrected chi connectivity index (χ4v) is 3.78. The standard InChI is InChI=1S/C17H17N3O2S2/c1-21-14-5-4-11(6-15(14)22-2)8-18-9-12-7-13-16(23-3)19-10-20-17(13)24-12/h4-7,9-10H,8H2,1-3H3/b18-9+. The van der Waals surface area contributed by atoms with E-state index in [-0.39, 0.29) is 0 Å². The Morgan fingerprint density at radius 1 is 1.17 bits per heavy atom. The molecule has 5 nitrogen and oxygen atoms in total. The van der Waals surface area contributed by atoms with Gasteiger partial charge < -0.3 is 9.47 Å². The third kappa shape index (κ3) is 3.52. The van der Waals surface area contributed by atoms with E-state index in [1.807, 2.05) is 30.7 Å². The van der Waals surface area contributed by atoms with Gasteiger partial charge in [0.15, 0.2) is 11.5 Å². The number of aliphatic imine (C=N–C) groups is 1. The summed E-state index contributed by atoms with van der Waals surface area (Å²) in [7, 11) is 3.26. The van der Waals surface area contributed by atoms with E-state index in [0.717, 1.165) is 31.4 Å². The average Bonchev–Trinajstić information content (AvgIpc) is 3.04. The first-order valence-electron chi connectivity index (χ1n) is 7.24. The summed E-state index contributed by atoms with van der Waals surface area (Å²) in [5, 5.41) is 2.08. The minimum Gasteiger partial charge on any atom is -0.493 e. The molecule has 0 saturated heterocycles. The molecule has 2 aromatic heterocycles. The second kappa shape index (κ2) is 7.63. The average molecular weight is 359 g/mol. The molecular weight excluding hydrogens is 342 g/mol. The van der Waals surface area contributed by atoms with Crippen LogP contribution in [0.2, 0.25) is 0 Å². The van der Waals surface area contributed by atoms with Crippen LogP contribution >= 0.6 is 23.1 Å². The number of nitrogens with zero attached hydrogens (tertiary/aromatic N) is 3. The van der Waals surface area contributed by atoms with Gasteiger partial charge in [0, 0.05) is 16.5 Å². The number of thiophene rings is 1. The highest BCUT2D eigenvalue weighted by Crippen LogP contribution is 2.29. The minimum atomic E-state index is 0.579. The van der Waals surface area contributed by atoms with Crippen molar-refractivity contribution in [1.82, 2.24) is 9.97 Å². The van der Waals surface area contributed by atoms with Gasteiger partial charge in [0.2, 0.25) is 0 Å².